The quantitative estimate of drug-likeness (QED) is 0.0351. The molecule has 0 aliphatic carbocycles. The molecule has 0 amide bonds. The van der Waals surface area contributed by atoms with E-state index in [1.165, 1.54) is 77.0 Å². The first-order valence-corrected chi connectivity index (χ1v) is 23.5. The van der Waals surface area contributed by atoms with Crippen LogP contribution in [0.15, 0.2) is 72.9 Å². The van der Waals surface area contributed by atoms with Gasteiger partial charge in [-0.1, -0.05) is 190 Å². The number of hydrogen-bond donors (Lipinski definition) is 0. The number of rotatable bonds is 42. The molecule has 322 valence electrons. The van der Waals surface area contributed by atoms with Crippen molar-refractivity contribution in [3.05, 3.63) is 72.9 Å². The van der Waals surface area contributed by atoms with Gasteiger partial charge in [0.05, 0.1) is 6.61 Å². The van der Waals surface area contributed by atoms with Crippen LogP contribution >= 0.6 is 0 Å². The Morgan fingerprint density at radius 3 is 1.27 bits per heavy atom. The fourth-order valence-corrected chi connectivity index (χ4v) is 6.30. The highest BCUT2D eigenvalue weighted by molar-refractivity contribution is 5.70. The molecule has 1 atom stereocenters. The Labute approximate surface area is 347 Å². The Morgan fingerprint density at radius 2 is 0.804 bits per heavy atom. The molecule has 0 bridgehead atoms. The van der Waals surface area contributed by atoms with Gasteiger partial charge in [0.15, 0.2) is 6.10 Å². The largest absolute Gasteiger partial charge is 0.462 e. The minimum absolute atomic E-state index is 0.0575. The maximum absolute atomic E-state index is 12.7. The van der Waals surface area contributed by atoms with E-state index in [0.717, 1.165) is 103 Å². The molecule has 0 N–H and O–H groups in total. The second kappa shape index (κ2) is 46.7. The highest BCUT2D eigenvalue weighted by Gasteiger charge is 2.17. The second-order valence-corrected chi connectivity index (χ2v) is 15.3. The van der Waals surface area contributed by atoms with Crippen LogP contribution in [0.1, 0.15) is 213 Å². The zero-order chi connectivity index (χ0) is 40.7. The van der Waals surface area contributed by atoms with Gasteiger partial charge in [-0.3, -0.25) is 9.59 Å². The van der Waals surface area contributed by atoms with E-state index in [9.17, 15) is 9.59 Å². The molecule has 0 heterocycles. The van der Waals surface area contributed by atoms with Crippen LogP contribution in [0.5, 0.6) is 0 Å². The van der Waals surface area contributed by atoms with Crippen molar-refractivity contribution in [1.29, 1.82) is 0 Å². The zero-order valence-corrected chi connectivity index (χ0v) is 36.9. The minimum Gasteiger partial charge on any atom is -0.462 e. The summed E-state index contributed by atoms with van der Waals surface area (Å²) in [6.07, 6.45) is 59.1. The number of hydrogen-bond acceptors (Lipinski definition) is 5. The predicted molar refractivity (Wildman–Crippen MR) is 242 cm³/mol. The molecule has 0 aliphatic rings. The standard InChI is InChI=1S/C51H88O5/c1-4-7-10-13-16-19-22-25-28-31-34-37-40-43-46-54-47-49(56-51(53)45-42-39-36-33-30-27-24-21-18-15-12-9-6-3)48-55-50(52)44-41-38-35-32-29-26-23-20-17-14-11-8-5-2/h8-9,11-12,17-18,20-21,26-27,29-30,49H,4-7,10,13-16,19,22-25,28,31-48H2,1-3H3/b11-8-,12-9-,20-17-,21-18-,29-26-,30-27-. The van der Waals surface area contributed by atoms with Crippen LogP contribution in [0.3, 0.4) is 0 Å². The third-order valence-corrected chi connectivity index (χ3v) is 9.74. The van der Waals surface area contributed by atoms with Crippen LogP contribution in [-0.4, -0.2) is 37.9 Å². The highest BCUT2D eigenvalue weighted by Crippen LogP contribution is 2.14. The predicted octanol–water partition coefficient (Wildman–Crippen LogP) is 15.6. The topological polar surface area (TPSA) is 61.8 Å². The van der Waals surface area contributed by atoms with Crippen molar-refractivity contribution < 1.29 is 23.8 Å². The van der Waals surface area contributed by atoms with Gasteiger partial charge >= 0.3 is 11.9 Å². The lowest BCUT2D eigenvalue weighted by Crippen LogP contribution is -2.30. The van der Waals surface area contributed by atoms with Gasteiger partial charge in [-0.05, 0) is 83.5 Å². The van der Waals surface area contributed by atoms with Crippen LogP contribution in [0.2, 0.25) is 0 Å². The van der Waals surface area contributed by atoms with Gasteiger partial charge in [-0.25, -0.2) is 0 Å². The van der Waals surface area contributed by atoms with Gasteiger partial charge in [0, 0.05) is 19.4 Å². The fourth-order valence-electron chi connectivity index (χ4n) is 6.30. The Balaban J connectivity index is 4.35. The average Bonchev–Trinajstić information content (AvgIpc) is 3.20. The van der Waals surface area contributed by atoms with Gasteiger partial charge in [-0.15, -0.1) is 0 Å². The van der Waals surface area contributed by atoms with Crippen LogP contribution in [-0.2, 0) is 23.8 Å². The SMILES string of the molecule is CC/C=C\C/C=C\C/C=C\CCCCCC(=O)OCC(COCCCCCCCCCCCCCCCC)OC(=O)CCCCC/C=C\C/C=C\C/C=C\CC. The van der Waals surface area contributed by atoms with Crippen molar-refractivity contribution in [1.82, 2.24) is 0 Å². The Morgan fingerprint density at radius 1 is 0.411 bits per heavy atom. The Bertz CT molecular complexity index is 1020. The third-order valence-electron chi connectivity index (χ3n) is 9.74. The van der Waals surface area contributed by atoms with E-state index in [2.05, 4.69) is 93.7 Å². The van der Waals surface area contributed by atoms with Crippen molar-refractivity contribution >= 4 is 11.9 Å². The van der Waals surface area contributed by atoms with Crippen LogP contribution in [0.4, 0.5) is 0 Å². The van der Waals surface area contributed by atoms with Crippen molar-refractivity contribution in [3.63, 3.8) is 0 Å². The summed E-state index contributed by atoms with van der Waals surface area (Å²) in [5.74, 6) is -0.464. The smallest absolute Gasteiger partial charge is 0.306 e. The van der Waals surface area contributed by atoms with Gasteiger partial charge in [-0.2, -0.15) is 0 Å². The molecule has 0 aromatic carbocycles. The summed E-state index contributed by atoms with van der Waals surface area (Å²) in [7, 11) is 0. The summed E-state index contributed by atoms with van der Waals surface area (Å²) in [6.45, 7) is 7.54. The molecule has 0 rings (SSSR count). The first-order valence-electron chi connectivity index (χ1n) is 23.5. The third kappa shape index (κ3) is 44.1. The van der Waals surface area contributed by atoms with E-state index in [1.54, 1.807) is 0 Å². The number of unbranched alkanes of at least 4 members (excludes halogenated alkanes) is 19. The van der Waals surface area contributed by atoms with Crippen molar-refractivity contribution in [2.24, 2.45) is 0 Å². The summed E-state index contributed by atoms with van der Waals surface area (Å²) in [6, 6.07) is 0. The first-order chi connectivity index (χ1) is 27.6. The molecule has 56 heavy (non-hydrogen) atoms. The molecule has 0 fully saturated rings. The summed E-state index contributed by atoms with van der Waals surface area (Å²) in [5, 5.41) is 0. The summed E-state index contributed by atoms with van der Waals surface area (Å²) in [4.78, 5) is 25.2. The normalized spacial score (nSPS) is 12.8. The molecule has 1 unspecified atom stereocenters. The molecular weight excluding hydrogens is 693 g/mol. The van der Waals surface area contributed by atoms with E-state index in [4.69, 9.17) is 14.2 Å². The monoisotopic (exact) mass is 781 g/mol. The molecule has 0 saturated carbocycles. The molecular formula is C51H88O5. The van der Waals surface area contributed by atoms with E-state index in [-0.39, 0.29) is 25.2 Å². The van der Waals surface area contributed by atoms with E-state index >= 15 is 0 Å². The highest BCUT2D eigenvalue weighted by atomic mass is 16.6. The molecule has 0 aromatic rings. The van der Waals surface area contributed by atoms with Crippen LogP contribution < -0.4 is 0 Å². The molecule has 5 nitrogen and oxygen atoms in total. The summed E-state index contributed by atoms with van der Waals surface area (Å²) < 4.78 is 17.3. The molecule has 5 heteroatoms. The van der Waals surface area contributed by atoms with Gasteiger partial charge < -0.3 is 14.2 Å². The fraction of sp³-hybridized carbons (Fsp3) is 0.725. The van der Waals surface area contributed by atoms with E-state index < -0.39 is 6.10 Å². The number of ether oxygens (including phenoxy) is 3. The molecule has 0 radical (unpaired) electrons. The number of esters is 2. The van der Waals surface area contributed by atoms with Gasteiger partial charge in [0.1, 0.15) is 6.61 Å². The van der Waals surface area contributed by atoms with E-state index in [0.29, 0.717) is 19.4 Å². The molecule has 0 saturated heterocycles. The summed E-state index contributed by atoms with van der Waals surface area (Å²) >= 11 is 0. The number of allylic oxidation sites excluding steroid dienone is 12. The number of carbonyl (C=O) groups excluding carboxylic acids is 2. The minimum atomic E-state index is -0.562. The van der Waals surface area contributed by atoms with Crippen molar-refractivity contribution in [2.45, 2.75) is 219 Å². The van der Waals surface area contributed by atoms with Crippen molar-refractivity contribution in [3.8, 4) is 0 Å². The van der Waals surface area contributed by atoms with E-state index in [1.807, 2.05) is 0 Å². The molecule has 0 aromatic heterocycles. The van der Waals surface area contributed by atoms with Gasteiger partial charge in [0.25, 0.3) is 0 Å². The zero-order valence-electron chi connectivity index (χ0n) is 36.9. The first kappa shape index (κ1) is 53.3. The van der Waals surface area contributed by atoms with Crippen molar-refractivity contribution in [2.75, 3.05) is 19.8 Å². The Kier molecular flexibility index (Phi) is 44.5. The average molecular weight is 781 g/mol. The van der Waals surface area contributed by atoms with Crippen LogP contribution in [0, 0.1) is 0 Å². The van der Waals surface area contributed by atoms with Gasteiger partial charge in [0.2, 0.25) is 0 Å². The number of carbonyl (C=O) groups is 2. The lowest BCUT2D eigenvalue weighted by Gasteiger charge is -2.18. The summed E-state index contributed by atoms with van der Waals surface area (Å²) in [5.41, 5.74) is 0. The maximum Gasteiger partial charge on any atom is 0.306 e. The van der Waals surface area contributed by atoms with Crippen LogP contribution in [0.25, 0.3) is 0 Å². The lowest BCUT2D eigenvalue weighted by atomic mass is 10.0. The molecule has 0 spiro atoms. The lowest BCUT2D eigenvalue weighted by molar-refractivity contribution is -0.163. The second-order valence-electron chi connectivity index (χ2n) is 15.3. The molecule has 0 aliphatic heterocycles. The Hall–Kier alpha value is -2.66. The maximum atomic E-state index is 12.7.